The third kappa shape index (κ3) is 5.89. The minimum absolute atomic E-state index is 0.0143. The lowest BCUT2D eigenvalue weighted by atomic mass is 10.2. The highest BCUT2D eigenvalue weighted by Gasteiger charge is 2.17. The first-order valence-electron chi connectivity index (χ1n) is 10.1. The van der Waals surface area contributed by atoms with Crippen molar-refractivity contribution in [1.82, 2.24) is 20.8 Å². The van der Waals surface area contributed by atoms with Gasteiger partial charge in [-0.25, -0.2) is 0 Å². The van der Waals surface area contributed by atoms with Crippen LogP contribution in [0.4, 0.5) is 0 Å². The summed E-state index contributed by atoms with van der Waals surface area (Å²) in [6, 6.07) is 17.3. The van der Waals surface area contributed by atoms with Crippen LogP contribution >= 0.6 is 22.9 Å². The van der Waals surface area contributed by atoms with Gasteiger partial charge in [0.2, 0.25) is 11.7 Å². The molecule has 172 valence electrons. The molecule has 0 unspecified atom stereocenters. The summed E-state index contributed by atoms with van der Waals surface area (Å²) in [5.41, 5.74) is 1.20. The van der Waals surface area contributed by atoms with Crippen molar-refractivity contribution in [3.8, 4) is 17.1 Å². The fourth-order valence-corrected chi connectivity index (χ4v) is 3.69. The van der Waals surface area contributed by atoms with Gasteiger partial charge >= 0.3 is 0 Å². The number of amides is 2. The van der Waals surface area contributed by atoms with Crippen LogP contribution < -0.4 is 15.4 Å². The molecule has 0 spiro atoms. The molecule has 2 N–H and O–H groups in total. The van der Waals surface area contributed by atoms with E-state index < -0.39 is 11.8 Å². The molecule has 2 aromatic heterocycles. The minimum atomic E-state index is -0.499. The third-order valence-electron chi connectivity index (χ3n) is 4.65. The van der Waals surface area contributed by atoms with Crippen LogP contribution in [0.2, 0.25) is 5.02 Å². The summed E-state index contributed by atoms with van der Waals surface area (Å²) >= 11 is 7.34. The van der Waals surface area contributed by atoms with Gasteiger partial charge in [-0.2, -0.15) is 4.98 Å². The van der Waals surface area contributed by atoms with E-state index in [0.717, 1.165) is 10.4 Å². The molecule has 2 aromatic carbocycles. The molecule has 0 aliphatic carbocycles. The molecule has 10 heteroatoms. The molecule has 2 heterocycles. The molecule has 34 heavy (non-hydrogen) atoms. The van der Waals surface area contributed by atoms with Gasteiger partial charge < -0.3 is 19.9 Å². The fourth-order valence-electron chi connectivity index (χ4n) is 2.90. The lowest BCUT2D eigenvalue weighted by molar-refractivity contribution is -0.118. The predicted molar refractivity (Wildman–Crippen MR) is 129 cm³/mol. The monoisotopic (exact) mass is 494 g/mol. The van der Waals surface area contributed by atoms with Crippen molar-refractivity contribution < 1.29 is 18.8 Å². The zero-order valence-electron chi connectivity index (χ0n) is 17.9. The highest BCUT2D eigenvalue weighted by molar-refractivity contribution is 7.10. The first kappa shape index (κ1) is 23.2. The Balaban J connectivity index is 1.45. The normalized spacial score (nSPS) is 11.2. The molecule has 0 saturated carbocycles. The number of nitrogens with zero attached hydrogens (tertiary/aromatic N) is 2. The van der Waals surface area contributed by atoms with E-state index in [0.29, 0.717) is 22.2 Å². The summed E-state index contributed by atoms with van der Waals surface area (Å²) in [7, 11) is 1.54. The van der Waals surface area contributed by atoms with Crippen LogP contribution in [0.1, 0.15) is 21.1 Å². The van der Waals surface area contributed by atoms with Gasteiger partial charge in [-0.3, -0.25) is 9.59 Å². The topological polar surface area (TPSA) is 106 Å². The molecule has 0 aliphatic heterocycles. The first-order chi connectivity index (χ1) is 16.5. The second-order valence-electron chi connectivity index (χ2n) is 6.96. The number of benzene rings is 2. The minimum Gasteiger partial charge on any atom is -0.497 e. The maximum Gasteiger partial charge on any atom is 0.268 e. The molecular formula is C24H19ClN4O4S. The van der Waals surface area contributed by atoms with Gasteiger partial charge in [0, 0.05) is 21.0 Å². The number of carbonyl (C=O) groups excluding carboxylic acids is 2. The van der Waals surface area contributed by atoms with Crippen LogP contribution in [-0.4, -0.2) is 29.1 Å². The fraction of sp³-hybridized carbons (Fsp3) is 0.0833. The van der Waals surface area contributed by atoms with Crippen LogP contribution in [0.15, 0.2) is 76.3 Å². The van der Waals surface area contributed by atoms with E-state index in [1.165, 1.54) is 11.3 Å². The summed E-state index contributed by atoms with van der Waals surface area (Å²) < 4.78 is 10.3. The van der Waals surface area contributed by atoms with Crippen molar-refractivity contribution in [2.45, 2.75) is 6.54 Å². The van der Waals surface area contributed by atoms with Crippen LogP contribution in [0.5, 0.6) is 5.75 Å². The largest absolute Gasteiger partial charge is 0.497 e. The van der Waals surface area contributed by atoms with E-state index in [2.05, 4.69) is 20.8 Å². The van der Waals surface area contributed by atoms with Crippen LogP contribution in [0.3, 0.4) is 0 Å². The van der Waals surface area contributed by atoms with Crippen LogP contribution in [0, 0.1) is 0 Å². The maximum atomic E-state index is 12.9. The Labute approximate surface area is 204 Å². The smallest absolute Gasteiger partial charge is 0.268 e. The van der Waals surface area contributed by atoms with Gasteiger partial charge in [0.05, 0.1) is 13.7 Å². The Kier molecular flexibility index (Phi) is 7.36. The number of nitrogens with one attached hydrogen (secondary N) is 2. The molecule has 0 bridgehead atoms. The summed E-state index contributed by atoms with van der Waals surface area (Å²) in [5, 5.41) is 11.8. The standard InChI is InChI=1S/C24H19ClN4O4S/c1-32-18-10-6-16(7-11-18)23(30)27-20(13-19-3-2-12-34-19)24(31)26-14-21-28-22(29-33-21)15-4-8-17(25)9-5-15/h2-13H,14H2,1H3,(H,26,31)(H,27,30)/b20-13-. The molecule has 0 aliphatic rings. The second-order valence-corrected chi connectivity index (χ2v) is 8.37. The van der Waals surface area contributed by atoms with E-state index >= 15 is 0 Å². The van der Waals surface area contributed by atoms with Gasteiger partial charge in [0.1, 0.15) is 11.4 Å². The Morgan fingerprint density at radius 3 is 2.56 bits per heavy atom. The number of hydrogen-bond acceptors (Lipinski definition) is 7. The van der Waals surface area contributed by atoms with E-state index in [1.54, 1.807) is 61.7 Å². The summed E-state index contributed by atoms with van der Waals surface area (Å²) in [5.74, 6) is 0.296. The zero-order chi connectivity index (χ0) is 23.9. The molecule has 0 saturated heterocycles. The molecule has 0 atom stereocenters. The Morgan fingerprint density at radius 1 is 1.12 bits per heavy atom. The molecule has 2 amide bonds. The number of carbonyl (C=O) groups is 2. The van der Waals surface area contributed by atoms with Crippen molar-refractivity contribution in [2.24, 2.45) is 0 Å². The Hall–Kier alpha value is -3.95. The van der Waals surface area contributed by atoms with Crippen LogP contribution in [-0.2, 0) is 11.3 Å². The highest BCUT2D eigenvalue weighted by atomic mass is 35.5. The molecule has 4 rings (SSSR count). The molecular weight excluding hydrogens is 476 g/mol. The summed E-state index contributed by atoms with van der Waals surface area (Å²) in [6.45, 7) is -0.0143. The molecule has 0 radical (unpaired) electrons. The number of rotatable bonds is 8. The van der Waals surface area contributed by atoms with E-state index in [-0.39, 0.29) is 18.1 Å². The number of aromatic nitrogens is 2. The van der Waals surface area contributed by atoms with Crippen molar-refractivity contribution in [3.05, 3.63) is 93.1 Å². The number of hydrogen-bond donors (Lipinski definition) is 2. The van der Waals surface area contributed by atoms with Gasteiger partial charge in [-0.05, 0) is 66.1 Å². The number of halogens is 1. The van der Waals surface area contributed by atoms with Gasteiger partial charge in [0.15, 0.2) is 0 Å². The lowest BCUT2D eigenvalue weighted by Crippen LogP contribution is -2.34. The van der Waals surface area contributed by atoms with Crippen molar-refractivity contribution in [3.63, 3.8) is 0 Å². The number of methoxy groups -OCH3 is 1. The molecule has 8 nitrogen and oxygen atoms in total. The average molecular weight is 495 g/mol. The maximum absolute atomic E-state index is 12.9. The van der Waals surface area contributed by atoms with Gasteiger partial charge in [-0.15, -0.1) is 11.3 Å². The third-order valence-corrected chi connectivity index (χ3v) is 5.72. The number of thiophene rings is 1. The van der Waals surface area contributed by atoms with E-state index in [1.807, 2.05) is 17.5 Å². The van der Waals surface area contributed by atoms with Crippen molar-refractivity contribution >= 4 is 40.8 Å². The quantitative estimate of drug-likeness (QED) is 0.348. The Bertz CT molecular complexity index is 1300. The number of ether oxygens (including phenoxy) is 1. The zero-order valence-corrected chi connectivity index (χ0v) is 19.5. The second kappa shape index (κ2) is 10.8. The average Bonchev–Trinajstić information content (AvgIpc) is 3.55. The molecule has 4 aromatic rings. The highest BCUT2D eigenvalue weighted by Crippen LogP contribution is 2.19. The van der Waals surface area contributed by atoms with Crippen molar-refractivity contribution in [2.75, 3.05) is 7.11 Å². The van der Waals surface area contributed by atoms with E-state index in [9.17, 15) is 9.59 Å². The predicted octanol–water partition coefficient (Wildman–Crippen LogP) is 4.55. The Morgan fingerprint density at radius 2 is 1.88 bits per heavy atom. The van der Waals surface area contributed by atoms with Crippen molar-refractivity contribution in [1.29, 1.82) is 0 Å². The summed E-state index contributed by atoms with van der Waals surface area (Å²) in [6.07, 6.45) is 1.61. The van der Waals surface area contributed by atoms with E-state index in [4.69, 9.17) is 20.9 Å². The summed E-state index contributed by atoms with van der Waals surface area (Å²) in [4.78, 5) is 30.7. The van der Waals surface area contributed by atoms with Gasteiger partial charge in [-0.1, -0.05) is 22.8 Å². The SMILES string of the molecule is COc1ccc(C(=O)N/C(=C\c2cccs2)C(=O)NCc2nc(-c3ccc(Cl)cc3)no2)cc1. The van der Waals surface area contributed by atoms with Gasteiger partial charge in [0.25, 0.3) is 11.8 Å². The van der Waals surface area contributed by atoms with Crippen LogP contribution in [0.25, 0.3) is 17.5 Å². The first-order valence-corrected chi connectivity index (χ1v) is 11.3. The molecule has 0 fully saturated rings. The lowest BCUT2D eigenvalue weighted by Gasteiger charge is -2.10.